The molecule has 0 heterocycles. The molecule has 0 aliphatic heterocycles. The standard InChI is InChI=1S/C11H24N2O2/c1-9(8-15-5)12-7-6-10(14)13-11(2,3)4/h9,12H,6-8H2,1-5H3,(H,13,14). The molecule has 0 rings (SSSR count). The summed E-state index contributed by atoms with van der Waals surface area (Å²) in [5, 5.41) is 6.13. The van der Waals surface area contributed by atoms with Crippen molar-refractivity contribution in [2.24, 2.45) is 0 Å². The van der Waals surface area contributed by atoms with Gasteiger partial charge in [-0.1, -0.05) is 0 Å². The van der Waals surface area contributed by atoms with Gasteiger partial charge in [-0.25, -0.2) is 0 Å². The van der Waals surface area contributed by atoms with Gasteiger partial charge in [0.15, 0.2) is 0 Å². The second-order valence-electron chi connectivity index (χ2n) is 4.86. The van der Waals surface area contributed by atoms with Crippen LogP contribution in [-0.4, -0.2) is 37.7 Å². The van der Waals surface area contributed by atoms with Gasteiger partial charge in [-0.2, -0.15) is 0 Å². The molecule has 0 bridgehead atoms. The number of amides is 1. The molecule has 0 saturated carbocycles. The summed E-state index contributed by atoms with van der Waals surface area (Å²) < 4.78 is 4.98. The molecule has 15 heavy (non-hydrogen) atoms. The Balaban J connectivity index is 3.55. The molecule has 4 nitrogen and oxygen atoms in total. The molecular weight excluding hydrogens is 192 g/mol. The number of hydrogen-bond donors (Lipinski definition) is 2. The summed E-state index contributed by atoms with van der Waals surface area (Å²) in [7, 11) is 1.67. The summed E-state index contributed by atoms with van der Waals surface area (Å²) in [6.07, 6.45) is 0.505. The van der Waals surface area contributed by atoms with Gasteiger partial charge in [0, 0.05) is 31.7 Å². The topological polar surface area (TPSA) is 50.4 Å². The number of hydrogen-bond acceptors (Lipinski definition) is 3. The molecule has 1 atom stereocenters. The Hall–Kier alpha value is -0.610. The van der Waals surface area contributed by atoms with Gasteiger partial charge in [0.05, 0.1) is 6.61 Å². The van der Waals surface area contributed by atoms with Crippen molar-refractivity contribution >= 4 is 5.91 Å². The van der Waals surface area contributed by atoms with Crippen molar-refractivity contribution in [2.45, 2.75) is 45.7 Å². The molecule has 0 spiro atoms. The SMILES string of the molecule is COCC(C)NCCC(=O)NC(C)(C)C. The molecule has 90 valence electrons. The summed E-state index contributed by atoms with van der Waals surface area (Å²) in [4.78, 5) is 11.4. The number of methoxy groups -OCH3 is 1. The molecule has 4 heteroatoms. The molecule has 0 aromatic rings. The minimum absolute atomic E-state index is 0.0830. The zero-order valence-electron chi connectivity index (χ0n) is 10.5. The Morgan fingerprint density at radius 3 is 2.47 bits per heavy atom. The van der Waals surface area contributed by atoms with Gasteiger partial charge >= 0.3 is 0 Å². The maximum atomic E-state index is 11.4. The van der Waals surface area contributed by atoms with Gasteiger partial charge in [0.1, 0.15) is 0 Å². The zero-order chi connectivity index (χ0) is 11.9. The predicted molar refractivity (Wildman–Crippen MR) is 61.9 cm³/mol. The van der Waals surface area contributed by atoms with Crippen molar-refractivity contribution in [1.29, 1.82) is 0 Å². The highest BCUT2D eigenvalue weighted by atomic mass is 16.5. The van der Waals surface area contributed by atoms with E-state index in [-0.39, 0.29) is 17.5 Å². The summed E-state index contributed by atoms with van der Waals surface area (Å²) in [5.41, 5.74) is -0.144. The fourth-order valence-electron chi connectivity index (χ4n) is 1.22. The second-order valence-corrected chi connectivity index (χ2v) is 4.86. The Kier molecular flexibility index (Phi) is 6.52. The lowest BCUT2D eigenvalue weighted by Crippen LogP contribution is -2.42. The van der Waals surface area contributed by atoms with Crippen LogP contribution < -0.4 is 10.6 Å². The van der Waals surface area contributed by atoms with Gasteiger partial charge in [0.25, 0.3) is 0 Å². The molecule has 0 aliphatic rings. The van der Waals surface area contributed by atoms with E-state index in [9.17, 15) is 4.79 Å². The Morgan fingerprint density at radius 1 is 1.40 bits per heavy atom. The largest absolute Gasteiger partial charge is 0.383 e. The Labute approximate surface area is 92.8 Å². The van der Waals surface area contributed by atoms with Crippen LogP contribution in [0.1, 0.15) is 34.1 Å². The number of ether oxygens (including phenoxy) is 1. The molecule has 2 N–H and O–H groups in total. The van der Waals surface area contributed by atoms with Gasteiger partial charge in [-0.05, 0) is 27.7 Å². The van der Waals surface area contributed by atoms with Crippen LogP contribution in [0.3, 0.4) is 0 Å². The third-order valence-electron chi connectivity index (χ3n) is 1.78. The highest BCUT2D eigenvalue weighted by Crippen LogP contribution is 1.98. The van der Waals surface area contributed by atoms with E-state index in [0.717, 1.165) is 0 Å². The van der Waals surface area contributed by atoms with E-state index < -0.39 is 0 Å². The van der Waals surface area contributed by atoms with Crippen molar-refractivity contribution in [3.63, 3.8) is 0 Å². The van der Waals surface area contributed by atoms with Gasteiger partial charge in [-0.3, -0.25) is 4.79 Å². The third kappa shape index (κ3) is 9.69. The molecule has 1 amide bonds. The lowest BCUT2D eigenvalue weighted by atomic mass is 10.1. The molecule has 0 fully saturated rings. The molecule has 0 radical (unpaired) electrons. The van der Waals surface area contributed by atoms with Crippen molar-refractivity contribution in [3.8, 4) is 0 Å². The highest BCUT2D eigenvalue weighted by molar-refractivity contribution is 5.76. The minimum atomic E-state index is -0.144. The average molecular weight is 216 g/mol. The van der Waals surface area contributed by atoms with E-state index in [0.29, 0.717) is 19.6 Å². The van der Waals surface area contributed by atoms with E-state index in [1.807, 2.05) is 27.7 Å². The van der Waals surface area contributed by atoms with Gasteiger partial charge < -0.3 is 15.4 Å². The number of rotatable bonds is 6. The molecule has 1 unspecified atom stereocenters. The first-order valence-electron chi connectivity index (χ1n) is 5.38. The smallest absolute Gasteiger partial charge is 0.221 e. The maximum Gasteiger partial charge on any atom is 0.221 e. The monoisotopic (exact) mass is 216 g/mol. The Morgan fingerprint density at radius 2 is 2.00 bits per heavy atom. The summed E-state index contributed by atoms with van der Waals surface area (Å²) in [5.74, 6) is 0.0830. The van der Waals surface area contributed by atoms with E-state index in [1.54, 1.807) is 7.11 Å². The predicted octanol–water partition coefficient (Wildman–Crippen LogP) is 0.916. The lowest BCUT2D eigenvalue weighted by molar-refractivity contribution is -0.122. The van der Waals surface area contributed by atoms with Crippen LogP contribution in [0, 0.1) is 0 Å². The fraction of sp³-hybridized carbons (Fsp3) is 0.909. The first-order chi connectivity index (χ1) is 6.85. The van der Waals surface area contributed by atoms with E-state index in [2.05, 4.69) is 10.6 Å². The normalized spacial score (nSPS) is 13.7. The molecule has 0 aromatic heterocycles. The molecule has 0 saturated heterocycles. The van der Waals surface area contributed by atoms with Crippen LogP contribution in [0.4, 0.5) is 0 Å². The molecule has 0 aromatic carbocycles. The van der Waals surface area contributed by atoms with Gasteiger partial charge in [0.2, 0.25) is 5.91 Å². The summed E-state index contributed by atoms with van der Waals surface area (Å²) in [6.45, 7) is 9.32. The lowest BCUT2D eigenvalue weighted by Gasteiger charge is -2.21. The quantitative estimate of drug-likeness (QED) is 0.694. The number of carbonyl (C=O) groups excluding carboxylic acids is 1. The molecule has 0 aliphatic carbocycles. The third-order valence-corrected chi connectivity index (χ3v) is 1.78. The van der Waals surface area contributed by atoms with E-state index in [1.165, 1.54) is 0 Å². The van der Waals surface area contributed by atoms with Crippen LogP contribution in [0.25, 0.3) is 0 Å². The number of nitrogens with one attached hydrogen (secondary N) is 2. The Bertz CT molecular complexity index is 188. The summed E-state index contributed by atoms with van der Waals surface area (Å²) in [6, 6.07) is 0.289. The zero-order valence-corrected chi connectivity index (χ0v) is 10.5. The molecular formula is C11H24N2O2. The number of carbonyl (C=O) groups is 1. The van der Waals surface area contributed by atoms with Crippen LogP contribution >= 0.6 is 0 Å². The minimum Gasteiger partial charge on any atom is -0.383 e. The highest BCUT2D eigenvalue weighted by Gasteiger charge is 2.13. The van der Waals surface area contributed by atoms with Crippen LogP contribution in [0.2, 0.25) is 0 Å². The fourth-order valence-corrected chi connectivity index (χ4v) is 1.22. The van der Waals surface area contributed by atoms with Crippen molar-refractivity contribution in [1.82, 2.24) is 10.6 Å². The van der Waals surface area contributed by atoms with Crippen molar-refractivity contribution in [2.75, 3.05) is 20.3 Å². The first kappa shape index (κ1) is 14.4. The van der Waals surface area contributed by atoms with Gasteiger partial charge in [-0.15, -0.1) is 0 Å². The average Bonchev–Trinajstić information content (AvgIpc) is 2.00. The van der Waals surface area contributed by atoms with E-state index >= 15 is 0 Å². The van der Waals surface area contributed by atoms with Crippen LogP contribution in [0.5, 0.6) is 0 Å². The second kappa shape index (κ2) is 6.80. The first-order valence-corrected chi connectivity index (χ1v) is 5.38. The van der Waals surface area contributed by atoms with Crippen molar-refractivity contribution in [3.05, 3.63) is 0 Å². The van der Waals surface area contributed by atoms with E-state index in [4.69, 9.17) is 4.74 Å². The van der Waals surface area contributed by atoms with Crippen molar-refractivity contribution < 1.29 is 9.53 Å². The maximum absolute atomic E-state index is 11.4. The summed E-state index contributed by atoms with van der Waals surface area (Å²) >= 11 is 0. The van der Waals surface area contributed by atoms with Crippen LogP contribution in [-0.2, 0) is 9.53 Å². The van der Waals surface area contributed by atoms with Crippen LogP contribution in [0.15, 0.2) is 0 Å².